The van der Waals surface area contributed by atoms with Crippen molar-refractivity contribution in [1.82, 2.24) is 0 Å². The fourth-order valence-electron chi connectivity index (χ4n) is 4.55. The van der Waals surface area contributed by atoms with Crippen molar-refractivity contribution in [3.63, 3.8) is 0 Å². The van der Waals surface area contributed by atoms with E-state index >= 15 is 0 Å². The zero-order chi connectivity index (χ0) is 23.5. The third-order valence-electron chi connectivity index (χ3n) is 6.10. The predicted molar refractivity (Wildman–Crippen MR) is 141 cm³/mol. The van der Waals surface area contributed by atoms with Crippen molar-refractivity contribution < 1.29 is 9.59 Å². The van der Waals surface area contributed by atoms with Crippen LogP contribution in [0.5, 0.6) is 0 Å². The van der Waals surface area contributed by atoms with Gasteiger partial charge in [-0.2, -0.15) is 0 Å². The summed E-state index contributed by atoms with van der Waals surface area (Å²) in [6.45, 7) is 2.15. The standard InChI is InChI=1S/C29H26N2O2S/c1-2-9-21-11-4-6-17-26(21)31-27(32)19-34-29(31)22-13-7-14-23(18-22)30-28(33)25-16-8-12-20-10-3-5-15-24(20)25/h3-8,10-18,29H,2,9,19H2,1H3,(H,30,33). The minimum atomic E-state index is -0.144. The van der Waals surface area contributed by atoms with Crippen LogP contribution in [-0.4, -0.2) is 17.6 Å². The molecule has 4 aromatic rings. The molecule has 0 aromatic heterocycles. The second-order valence-electron chi connectivity index (χ2n) is 8.41. The molecular formula is C29H26N2O2S. The number of fused-ring (bicyclic) bond motifs is 1. The van der Waals surface area contributed by atoms with E-state index in [2.05, 4.69) is 18.3 Å². The van der Waals surface area contributed by atoms with Gasteiger partial charge >= 0.3 is 0 Å². The monoisotopic (exact) mass is 466 g/mol. The zero-order valence-electron chi connectivity index (χ0n) is 19.0. The summed E-state index contributed by atoms with van der Waals surface area (Å²) in [7, 11) is 0. The Kier molecular flexibility index (Phi) is 6.37. The lowest BCUT2D eigenvalue weighted by molar-refractivity contribution is -0.115. The van der Waals surface area contributed by atoms with Crippen LogP contribution in [0.2, 0.25) is 0 Å². The van der Waals surface area contributed by atoms with Crippen LogP contribution < -0.4 is 10.2 Å². The first kappa shape index (κ1) is 22.2. The van der Waals surface area contributed by atoms with Gasteiger partial charge in [0.1, 0.15) is 5.37 Å². The number of thioether (sulfide) groups is 1. The highest BCUT2D eigenvalue weighted by Gasteiger charge is 2.35. The van der Waals surface area contributed by atoms with Gasteiger partial charge in [-0.05, 0) is 52.6 Å². The second kappa shape index (κ2) is 9.74. The fraction of sp³-hybridized carbons (Fsp3) is 0.172. The van der Waals surface area contributed by atoms with Crippen molar-refractivity contribution in [2.75, 3.05) is 16.0 Å². The molecule has 2 amide bonds. The average Bonchev–Trinajstić information content (AvgIpc) is 3.25. The summed E-state index contributed by atoms with van der Waals surface area (Å²) in [5, 5.41) is 4.89. The number of hydrogen-bond acceptors (Lipinski definition) is 3. The molecule has 0 bridgehead atoms. The Morgan fingerprint density at radius 2 is 1.74 bits per heavy atom. The number of carbonyl (C=O) groups excluding carboxylic acids is 2. The van der Waals surface area contributed by atoms with E-state index in [0.717, 1.165) is 40.6 Å². The molecule has 0 radical (unpaired) electrons. The van der Waals surface area contributed by atoms with Crippen LogP contribution in [-0.2, 0) is 11.2 Å². The summed E-state index contributed by atoms with van der Waals surface area (Å²) in [6.07, 6.45) is 1.95. The normalized spacial score (nSPS) is 15.6. The molecule has 170 valence electrons. The minimum Gasteiger partial charge on any atom is -0.322 e. The number of rotatable bonds is 6. The molecule has 0 saturated carbocycles. The maximum atomic E-state index is 13.1. The van der Waals surface area contributed by atoms with Crippen molar-refractivity contribution in [1.29, 1.82) is 0 Å². The molecule has 1 unspecified atom stereocenters. The summed E-state index contributed by atoms with van der Waals surface area (Å²) in [4.78, 5) is 28.0. The van der Waals surface area contributed by atoms with Crippen molar-refractivity contribution in [2.24, 2.45) is 0 Å². The van der Waals surface area contributed by atoms with Gasteiger partial charge in [0.15, 0.2) is 0 Å². The number of amides is 2. The van der Waals surface area contributed by atoms with E-state index < -0.39 is 0 Å². The highest BCUT2D eigenvalue weighted by atomic mass is 32.2. The molecule has 34 heavy (non-hydrogen) atoms. The third kappa shape index (κ3) is 4.31. The van der Waals surface area contributed by atoms with Crippen LogP contribution in [0.1, 0.15) is 40.2 Å². The van der Waals surface area contributed by atoms with Crippen molar-refractivity contribution in [2.45, 2.75) is 25.1 Å². The number of aryl methyl sites for hydroxylation is 1. The van der Waals surface area contributed by atoms with Gasteiger partial charge in [0.25, 0.3) is 5.91 Å². The van der Waals surface area contributed by atoms with Crippen molar-refractivity contribution in [3.05, 3.63) is 108 Å². The first-order valence-electron chi connectivity index (χ1n) is 11.6. The lowest BCUT2D eigenvalue weighted by Gasteiger charge is -2.27. The SMILES string of the molecule is CCCc1ccccc1N1C(=O)CSC1c1cccc(NC(=O)c2cccc3ccccc23)c1. The molecule has 4 aromatic carbocycles. The molecule has 4 nitrogen and oxygen atoms in total. The molecule has 1 aliphatic heterocycles. The quantitative estimate of drug-likeness (QED) is 0.339. The van der Waals surface area contributed by atoms with Crippen LogP contribution >= 0.6 is 11.8 Å². The maximum Gasteiger partial charge on any atom is 0.256 e. The van der Waals surface area contributed by atoms with E-state index in [1.807, 2.05) is 89.8 Å². The number of benzene rings is 4. The van der Waals surface area contributed by atoms with Gasteiger partial charge in [0, 0.05) is 16.9 Å². The maximum absolute atomic E-state index is 13.1. The molecule has 5 rings (SSSR count). The summed E-state index contributed by atoms with van der Waals surface area (Å²) < 4.78 is 0. The van der Waals surface area contributed by atoms with Gasteiger partial charge in [-0.3, -0.25) is 14.5 Å². The molecule has 1 N–H and O–H groups in total. The number of para-hydroxylation sites is 1. The largest absolute Gasteiger partial charge is 0.322 e. The Bertz CT molecular complexity index is 1360. The molecule has 0 aliphatic carbocycles. The Morgan fingerprint density at radius 3 is 2.62 bits per heavy atom. The molecule has 1 saturated heterocycles. The van der Waals surface area contributed by atoms with Gasteiger partial charge in [-0.1, -0.05) is 80.1 Å². The Hall–Kier alpha value is -3.57. The van der Waals surface area contributed by atoms with Gasteiger partial charge in [0.2, 0.25) is 5.91 Å². The van der Waals surface area contributed by atoms with Crippen LogP contribution in [0, 0.1) is 0 Å². The summed E-state index contributed by atoms with van der Waals surface area (Å²) in [6, 6.07) is 29.6. The van der Waals surface area contributed by atoms with Gasteiger partial charge < -0.3 is 5.32 Å². The predicted octanol–water partition coefficient (Wildman–Crippen LogP) is 6.82. The zero-order valence-corrected chi connectivity index (χ0v) is 19.8. The molecule has 1 heterocycles. The van der Waals surface area contributed by atoms with E-state index in [1.54, 1.807) is 11.8 Å². The molecular weight excluding hydrogens is 440 g/mol. The summed E-state index contributed by atoms with van der Waals surface area (Å²) in [5.41, 5.74) is 4.53. The molecule has 1 fully saturated rings. The molecule has 1 aliphatic rings. The lowest BCUT2D eigenvalue weighted by Crippen LogP contribution is -2.28. The van der Waals surface area contributed by atoms with Crippen LogP contribution in [0.3, 0.4) is 0 Å². The van der Waals surface area contributed by atoms with Gasteiger partial charge in [-0.15, -0.1) is 11.8 Å². The Morgan fingerprint density at radius 1 is 0.971 bits per heavy atom. The highest BCUT2D eigenvalue weighted by molar-refractivity contribution is 8.00. The van der Waals surface area contributed by atoms with Crippen molar-refractivity contribution >= 4 is 45.7 Å². The molecule has 1 atom stereocenters. The number of hydrogen-bond donors (Lipinski definition) is 1. The highest BCUT2D eigenvalue weighted by Crippen LogP contribution is 2.43. The van der Waals surface area contributed by atoms with Gasteiger partial charge in [0.05, 0.1) is 5.75 Å². The van der Waals surface area contributed by atoms with E-state index in [1.165, 1.54) is 5.56 Å². The number of nitrogens with one attached hydrogen (secondary N) is 1. The third-order valence-corrected chi connectivity index (χ3v) is 7.31. The lowest BCUT2D eigenvalue weighted by atomic mass is 10.0. The Labute approximate surface area is 204 Å². The van der Waals surface area contributed by atoms with Gasteiger partial charge in [-0.25, -0.2) is 0 Å². The average molecular weight is 467 g/mol. The smallest absolute Gasteiger partial charge is 0.256 e. The van der Waals surface area contributed by atoms with E-state index in [-0.39, 0.29) is 17.2 Å². The first-order valence-corrected chi connectivity index (χ1v) is 12.6. The number of anilines is 2. The number of nitrogens with zero attached hydrogens (tertiary/aromatic N) is 1. The van der Waals surface area contributed by atoms with Crippen LogP contribution in [0.25, 0.3) is 10.8 Å². The second-order valence-corrected chi connectivity index (χ2v) is 9.48. The van der Waals surface area contributed by atoms with E-state index in [9.17, 15) is 9.59 Å². The first-order chi connectivity index (χ1) is 16.7. The fourth-order valence-corrected chi connectivity index (χ4v) is 5.71. The van der Waals surface area contributed by atoms with E-state index in [0.29, 0.717) is 11.3 Å². The molecule has 0 spiro atoms. The Balaban J connectivity index is 1.43. The van der Waals surface area contributed by atoms with Crippen molar-refractivity contribution in [3.8, 4) is 0 Å². The molecule has 5 heteroatoms. The van der Waals surface area contributed by atoms with Crippen LogP contribution in [0.4, 0.5) is 11.4 Å². The van der Waals surface area contributed by atoms with Crippen LogP contribution in [0.15, 0.2) is 91.0 Å². The topological polar surface area (TPSA) is 49.4 Å². The summed E-state index contributed by atoms with van der Waals surface area (Å²) in [5.74, 6) is 0.413. The number of carbonyl (C=O) groups is 2. The van der Waals surface area contributed by atoms with E-state index in [4.69, 9.17) is 0 Å². The minimum absolute atomic E-state index is 0.115. The summed E-state index contributed by atoms with van der Waals surface area (Å²) >= 11 is 1.62.